The summed E-state index contributed by atoms with van der Waals surface area (Å²) in [5.74, 6) is -0.190. The van der Waals surface area contributed by atoms with Crippen LogP contribution in [-0.4, -0.2) is 20.9 Å². The van der Waals surface area contributed by atoms with Crippen molar-refractivity contribution in [3.8, 4) is 0 Å². The molecule has 1 aromatic heterocycles. The van der Waals surface area contributed by atoms with Gasteiger partial charge in [0.05, 0.1) is 5.52 Å². The van der Waals surface area contributed by atoms with Gasteiger partial charge in [0.1, 0.15) is 5.52 Å². The number of fused-ring (bicyclic) bond motifs is 1. The molecule has 2 aromatic carbocycles. The minimum absolute atomic E-state index is 0.190. The Hall–Kier alpha value is -2.75. The number of aromatic nitrogens is 3. The number of para-hydroxylation sites is 1. The second-order valence-electron chi connectivity index (χ2n) is 4.12. The summed E-state index contributed by atoms with van der Waals surface area (Å²) in [5.41, 5.74) is 2.96. The van der Waals surface area contributed by atoms with E-state index in [1.54, 1.807) is 18.2 Å². The maximum Gasteiger partial charge on any atom is 0.280 e. The monoisotopic (exact) mass is 249 g/mol. The van der Waals surface area contributed by atoms with Crippen molar-refractivity contribution in [1.82, 2.24) is 15.0 Å². The largest absolute Gasteiger partial charge is 0.280 e. The molecular weight excluding hydrogens is 238 g/mol. The SMILES string of the molecule is C=Cc1ccc(C(=O)n2nnc3ccccc32)cc1. The predicted octanol–water partition coefficient (Wildman–Crippen LogP) is 2.76. The van der Waals surface area contributed by atoms with E-state index in [2.05, 4.69) is 16.9 Å². The first-order valence-electron chi connectivity index (χ1n) is 5.87. The molecule has 0 aliphatic carbocycles. The molecule has 0 atom stereocenters. The molecule has 4 heteroatoms. The number of carbonyl (C=O) groups is 1. The molecule has 0 amide bonds. The van der Waals surface area contributed by atoms with Crippen LogP contribution in [0.3, 0.4) is 0 Å². The molecule has 0 saturated carbocycles. The average Bonchev–Trinajstić information content (AvgIpc) is 2.90. The zero-order chi connectivity index (χ0) is 13.2. The maximum absolute atomic E-state index is 12.4. The van der Waals surface area contributed by atoms with Crippen LogP contribution in [0.2, 0.25) is 0 Å². The van der Waals surface area contributed by atoms with Crippen molar-refractivity contribution in [1.29, 1.82) is 0 Å². The highest BCUT2D eigenvalue weighted by Gasteiger charge is 2.13. The van der Waals surface area contributed by atoms with Gasteiger partial charge in [-0.3, -0.25) is 4.79 Å². The van der Waals surface area contributed by atoms with E-state index in [0.29, 0.717) is 16.6 Å². The van der Waals surface area contributed by atoms with Gasteiger partial charge in [0, 0.05) is 5.56 Å². The van der Waals surface area contributed by atoms with Gasteiger partial charge in [-0.1, -0.05) is 42.1 Å². The topological polar surface area (TPSA) is 47.8 Å². The summed E-state index contributed by atoms with van der Waals surface area (Å²) < 4.78 is 1.32. The molecule has 0 aliphatic heterocycles. The third-order valence-corrected chi connectivity index (χ3v) is 2.94. The highest BCUT2D eigenvalue weighted by Crippen LogP contribution is 2.13. The summed E-state index contributed by atoms with van der Waals surface area (Å²) >= 11 is 0. The summed E-state index contributed by atoms with van der Waals surface area (Å²) in [7, 11) is 0. The van der Waals surface area contributed by atoms with Crippen LogP contribution in [0.1, 0.15) is 15.9 Å². The van der Waals surface area contributed by atoms with Crippen LogP contribution >= 0.6 is 0 Å². The molecule has 3 aromatic rings. The first kappa shape index (κ1) is 11.3. The van der Waals surface area contributed by atoms with Gasteiger partial charge in [-0.05, 0) is 29.8 Å². The van der Waals surface area contributed by atoms with Crippen molar-refractivity contribution in [2.75, 3.05) is 0 Å². The fourth-order valence-electron chi connectivity index (χ4n) is 1.90. The lowest BCUT2D eigenvalue weighted by atomic mass is 10.1. The molecule has 92 valence electrons. The highest BCUT2D eigenvalue weighted by molar-refractivity contribution is 6.00. The lowest BCUT2D eigenvalue weighted by Gasteiger charge is -2.01. The van der Waals surface area contributed by atoms with Crippen LogP contribution in [0.4, 0.5) is 0 Å². The average molecular weight is 249 g/mol. The van der Waals surface area contributed by atoms with Gasteiger partial charge in [0.2, 0.25) is 0 Å². The van der Waals surface area contributed by atoms with Crippen molar-refractivity contribution in [2.24, 2.45) is 0 Å². The van der Waals surface area contributed by atoms with Crippen molar-refractivity contribution in [2.45, 2.75) is 0 Å². The number of rotatable bonds is 2. The molecule has 0 saturated heterocycles. The van der Waals surface area contributed by atoms with Crippen molar-refractivity contribution in [3.63, 3.8) is 0 Å². The second-order valence-corrected chi connectivity index (χ2v) is 4.12. The minimum Gasteiger partial charge on any atom is -0.267 e. The summed E-state index contributed by atoms with van der Waals surface area (Å²) in [5, 5.41) is 7.89. The maximum atomic E-state index is 12.4. The third kappa shape index (κ3) is 1.93. The van der Waals surface area contributed by atoms with E-state index in [-0.39, 0.29) is 5.91 Å². The smallest absolute Gasteiger partial charge is 0.267 e. The normalized spacial score (nSPS) is 10.5. The lowest BCUT2D eigenvalue weighted by Crippen LogP contribution is -2.13. The first-order chi connectivity index (χ1) is 9.29. The number of benzene rings is 2. The molecule has 19 heavy (non-hydrogen) atoms. The zero-order valence-electron chi connectivity index (χ0n) is 10.2. The number of nitrogens with zero attached hydrogens (tertiary/aromatic N) is 3. The van der Waals surface area contributed by atoms with Crippen LogP contribution in [0, 0.1) is 0 Å². The van der Waals surface area contributed by atoms with Crippen LogP contribution < -0.4 is 0 Å². The van der Waals surface area contributed by atoms with E-state index < -0.39 is 0 Å². The van der Waals surface area contributed by atoms with E-state index in [1.807, 2.05) is 36.4 Å². The Labute approximate surface area is 110 Å². The van der Waals surface area contributed by atoms with Crippen LogP contribution in [0.15, 0.2) is 55.1 Å². The molecule has 1 heterocycles. The Bertz CT molecular complexity index is 756. The molecule has 0 N–H and O–H groups in total. The molecular formula is C15H11N3O. The van der Waals surface area contributed by atoms with Crippen molar-refractivity contribution >= 4 is 23.0 Å². The molecule has 0 aliphatic rings. The molecule has 0 fully saturated rings. The molecule has 3 rings (SSSR count). The Kier molecular flexibility index (Phi) is 2.68. The van der Waals surface area contributed by atoms with Gasteiger partial charge in [0.15, 0.2) is 0 Å². The number of carbonyl (C=O) groups excluding carboxylic acids is 1. The quantitative estimate of drug-likeness (QED) is 0.701. The van der Waals surface area contributed by atoms with E-state index in [4.69, 9.17) is 0 Å². The van der Waals surface area contributed by atoms with Crippen LogP contribution in [0.25, 0.3) is 17.1 Å². The van der Waals surface area contributed by atoms with Crippen molar-refractivity contribution in [3.05, 3.63) is 66.2 Å². The van der Waals surface area contributed by atoms with E-state index in [0.717, 1.165) is 5.56 Å². The zero-order valence-corrected chi connectivity index (χ0v) is 10.2. The molecule has 0 unspecified atom stereocenters. The molecule has 0 bridgehead atoms. The fourth-order valence-corrected chi connectivity index (χ4v) is 1.90. The number of hydrogen-bond acceptors (Lipinski definition) is 3. The predicted molar refractivity (Wildman–Crippen MR) is 73.8 cm³/mol. The Morgan fingerprint density at radius 1 is 1.11 bits per heavy atom. The van der Waals surface area contributed by atoms with E-state index in [1.165, 1.54) is 4.68 Å². The summed E-state index contributed by atoms with van der Waals surface area (Å²) in [6.07, 6.45) is 1.74. The van der Waals surface area contributed by atoms with Crippen LogP contribution in [-0.2, 0) is 0 Å². The summed E-state index contributed by atoms with van der Waals surface area (Å²) in [4.78, 5) is 12.4. The van der Waals surface area contributed by atoms with Gasteiger partial charge in [-0.15, -0.1) is 5.10 Å². The first-order valence-corrected chi connectivity index (χ1v) is 5.87. The van der Waals surface area contributed by atoms with Gasteiger partial charge >= 0.3 is 0 Å². The molecule has 4 nitrogen and oxygen atoms in total. The van der Waals surface area contributed by atoms with E-state index in [9.17, 15) is 4.79 Å². The Morgan fingerprint density at radius 2 is 1.84 bits per heavy atom. The minimum atomic E-state index is -0.190. The van der Waals surface area contributed by atoms with Gasteiger partial charge in [0.25, 0.3) is 5.91 Å². The Balaban J connectivity index is 2.05. The standard InChI is InChI=1S/C15H11N3O/c1-2-11-7-9-12(10-8-11)15(19)18-14-6-4-3-5-13(14)16-17-18/h2-10H,1H2. The van der Waals surface area contributed by atoms with Gasteiger partial charge in [-0.2, -0.15) is 4.68 Å². The van der Waals surface area contributed by atoms with E-state index >= 15 is 0 Å². The fraction of sp³-hybridized carbons (Fsp3) is 0. The van der Waals surface area contributed by atoms with Gasteiger partial charge in [-0.25, -0.2) is 0 Å². The van der Waals surface area contributed by atoms with Gasteiger partial charge < -0.3 is 0 Å². The van der Waals surface area contributed by atoms with Crippen LogP contribution in [0.5, 0.6) is 0 Å². The van der Waals surface area contributed by atoms with Crippen molar-refractivity contribution < 1.29 is 4.79 Å². The summed E-state index contributed by atoms with van der Waals surface area (Å²) in [6, 6.07) is 14.6. The molecule has 0 spiro atoms. The Morgan fingerprint density at radius 3 is 2.58 bits per heavy atom. The third-order valence-electron chi connectivity index (χ3n) is 2.94. The second kappa shape index (κ2) is 4.49. The highest BCUT2D eigenvalue weighted by atomic mass is 16.2. The lowest BCUT2D eigenvalue weighted by molar-refractivity contribution is 0.0948. The number of hydrogen-bond donors (Lipinski definition) is 0. The summed E-state index contributed by atoms with van der Waals surface area (Å²) in [6.45, 7) is 3.68. The molecule has 0 radical (unpaired) electrons.